The molecular weight excluding hydrogens is 400 g/mol. The number of hydrazone groups is 1. The van der Waals surface area contributed by atoms with Gasteiger partial charge < -0.3 is 10.5 Å². The molecule has 0 amide bonds. The summed E-state index contributed by atoms with van der Waals surface area (Å²) in [5, 5.41) is 5.01. The normalized spacial score (nSPS) is 26.7. The van der Waals surface area contributed by atoms with Crippen LogP contribution in [0.2, 0.25) is 5.02 Å². The van der Waals surface area contributed by atoms with Crippen LogP contribution < -0.4 is 11.2 Å². The van der Waals surface area contributed by atoms with Crippen LogP contribution in [0.3, 0.4) is 0 Å². The van der Waals surface area contributed by atoms with Gasteiger partial charge in [0.1, 0.15) is 11.4 Å². The topological polar surface area (TPSA) is 72.0 Å². The van der Waals surface area contributed by atoms with Crippen molar-refractivity contribution in [3.8, 4) is 0 Å². The van der Waals surface area contributed by atoms with Crippen molar-refractivity contribution in [2.45, 2.75) is 37.3 Å². The van der Waals surface area contributed by atoms with Crippen molar-refractivity contribution in [2.75, 3.05) is 5.75 Å². The van der Waals surface area contributed by atoms with E-state index in [-0.39, 0.29) is 11.0 Å². The van der Waals surface area contributed by atoms with E-state index in [9.17, 15) is 0 Å². The summed E-state index contributed by atoms with van der Waals surface area (Å²) in [7, 11) is 0. The second kappa shape index (κ2) is 6.72. The number of benzene rings is 1. The molecule has 0 aliphatic carbocycles. The van der Waals surface area contributed by atoms with Gasteiger partial charge in [-0.1, -0.05) is 29.8 Å². The zero-order valence-electron chi connectivity index (χ0n) is 15.3. The van der Waals surface area contributed by atoms with Crippen molar-refractivity contribution in [1.29, 1.82) is 0 Å². The van der Waals surface area contributed by atoms with Gasteiger partial charge in [0.05, 0.1) is 19.5 Å². The van der Waals surface area contributed by atoms with E-state index in [4.69, 9.17) is 27.1 Å². The highest BCUT2D eigenvalue weighted by atomic mass is 35.5. The van der Waals surface area contributed by atoms with E-state index in [0.717, 1.165) is 21.1 Å². The minimum absolute atomic E-state index is 0.152. The van der Waals surface area contributed by atoms with Gasteiger partial charge in [0, 0.05) is 11.3 Å². The molecule has 27 heavy (non-hydrogen) atoms. The molecule has 8 heteroatoms. The Bertz CT molecular complexity index is 925. The van der Waals surface area contributed by atoms with Crippen molar-refractivity contribution in [3.63, 3.8) is 0 Å². The molecule has 5 nitrogen and oxygen atoms in total. The first-order valence-corrected chi connectivity index (χ1v) is 10.8. The molecule has 1 aromatic carbocycles. The van der Waals surface area contributed by atoms with Crippen LogP contribution in [0.1, 0.15) is 42.3 Å². The molecule has 1 aromatic heterocycles. The number of thioether (sulfide) groups is 1. The van der Waals surface area contributed by atoms with Crippen LogP contribution in [-0.2, 0) is 10.3 Å². The third-order valence-electron chi connectivity index (χ3n) is 4.69. The number of thiophene rings is 1. The molecule has 0 fully saturated rings. The van der Waals surface area contributed by atoms with Crippen molar-refractivity contribution in [3.05, 3.63) is 56.7 Å². The summed E-state index contributed by atoms with van der Waals surface area (Å²) in [5.74, 6) is 2.05. The minimum Gasteiger partial charge on any atom is -0.446 e. The van der Waals surface area contributed by atoms with Gasteiger partial charge in [-0.3, -0.25) is 10.4 Å². The van der Waals surface area contributed by atoms with Crippen LogP contribution in [-0.4, -0.2) is 22.2 Å². The van der Waals surface area contributed by atoms with Crippen LogP contribution in [0.25, 0.3) is 0 Å². The van der Waals surface area contributed by atoms with Gasteiger partial charge in [-0.2, -0.15) is 0 Å². The van der Waals surface area contributed by atoms with Crippen LogP contribution in [0.5, 0.6) is 0 Å². The molecule has 0 radical (unpaired) electrons. The average Bonchev–Trinajstić information content (AvgIpc) is 3.27. The molecule has 2 aliphatic heterocycles. The number of rotatable bonds is 3. The fraction of sp³-hybridized carbons (Fsp3) is 0.368. The number of halogens is 1. The first kappa shape index (κ1) is 18.7. The summed E-state index contributed by atoms with van der Waals surface area (Å²) in [6, 6.07) is 11.8. The smallest absolute Gasteiger partial charge is 0.240 e. The lowest BCUT2D eigenvalue weighted by Gasteiger charge is -2.37. The maximum absolute atomic E-state index is 6.59. The highest BCUT2D eigenvalue weighted by Crippen LogP contribution is 2.46. The Labute approximate surface area is 172 Å². The van der Waals surface area contributed by atoms with Crippen molar-refractivity contribution >= 4 is 46.4 Å². The van der Waals surface area contributed by atoms with E-state index < -0.39 is 5.54 Å². The fourth-order valence-electron chi connectivity index (χ4n) is 2.94. The largest absolute Gasteiger partial charge is 0.446 e. The predicted octanol–water partition coefficient (Wildman–Crippen LogP) is 4.48. The molecule has 2 atom stereocenters. The maximum Gasteiger partial charge on any atom is 0.240 e. The van der Waals surface area contributed by atoms with Crippen molar-refractivity contribution < 1.29 is 4.74 Å². The summed E-state index contributed by atoms with van der Waals surface area (Å²) < 4.78 is 5.85. The number of nitrogens with one attached hydrogen (secondary N) is 1. The van der Waals surface area contributed by atoms with Gasteiger partial charge in [0.2, 0.25) is 12.1 Å². The molecule has 0 saturated heterocycles. The summed E-state index contributed by atoms with van der Waals surface area (Å²) >= 11 is 9.98. The van der Waals surface area contributed by atoms with E-state index in [1.165, 1.54) is 0 Å². The molecule has 2 aliphatic rings. The summed E-state index contributed by atoms with van der Waals surface area (Å²) in [4.78, 5) is 6.78. The molecule has 3 N–H and O–H groups in total. The second-order valence-corrected chi connectivity index (χ2v) is 10.4. The molecule has 2 aromatic rings. The fourth-order valence-corrected chi connectivity index (χ4v) is 5.70. The highest BCUT2D eigenvalue weighted by Gasteiger charge is 2.40. The maximum atomic E-state index is 6.59. The average molecular weight is 421 g/mol. The number of hydrogen-bond acceptors (Lipinski definition) is 7. The zero-order chi connectivity index (χ0) is 19.2. The number of nitrogens with two attached hydrogens (primary N) is 1. The van der Waals surface area contributed by atoms with E-state index >= 15 is 0 Å². The number of aliphatic imine (C=N–C) groups is 1. The third kappa shape index (κ3) is 3.44. The van der Waals surface area contributed by atoms with E-state index in [1.807, 2.05) is 36.4 Å². The Hall–Kier alpha value is -1.70. The molecule has 0 bridgehead atoms. The lowest BCUT2D eigenvalue weighted by atomic mass is 10.0. The van der Waals surface area contributed by atoms with E-state index in [1.54, 1.807) is 23.1 Å². The van der Waals surface area contributed by atoms with Crippen LogP contribution in [0.15, 0.2) is 46.5 Å². The number of amidine groups is 1. The number of hydrogen-bond donors (Lipinski definition) is 2. The van der Waals surface area contributed by atoms with Gasteiger partial charge >= 0.3 is 0 Å². The standard InChI is InChI=1S/C19H21ClN4OS2/c1-18(2)17(21)22-19(3,10-26-18)14-12(20)9-13(27-14)16-24-23-15(25-16)11-7-5-4-6-8-11/h4-9,16,24H,10H2,1-3H3,(H2,21,22)/t16?,19-/m0/s1. The Morgan fingerprint density at radius 3 is 2.70 bits per heavy atom. The Kier molecular flexibility index (Phi) is 4.64. The molecule has 142 valence electrons. The van der Waals surface area contributed by atoms with Crippen molar-refractivity contribution in [1.82, 2.24) is 5.43 Å². The van der Waals surface area contributed by atoms with Gasteiger partial charge in [0.25, 0.3) is 0 Å². The molecule has 0 spiro atoms. The van der Waals surface area contributed by atoms with Crippen LogP contribution in [0.4, 0.5) is 0 Å². The van der Waals surface area contributed by atoms with Gasteiger partial charge in [-0.15, -0.1) is 28.2 Å². The minimum atomic E-state index is -0.439. The first-order valence-electron chi connectivity index (χ1n) is 8.63. The molecule has 1 unspecified atom stereocenters. The van der Waals surface area contributed by atoms with Gasteiger partial charge in [-0.05, 0) is 39.0 Å². The molecule has 3 heterocycles. The van der Waals surface area contributed by atoms with Gasteiger partial charge in [0.15, 0.2) is 0 Å². The number of ether oxygens (including phenoxy) is 1. The first-order chi connectivity index (χ1) is 12.8. The Balaban J connectivity index is 1.58. The number of nitrogens with zero attached hydrogens (tertiary/aromatic N) is 2. The predicted molar refractivity (Wildman–Crippen MR) is 115 cm³/mol. The van der Waals surface area contributed by atoms with Crippen LogP contribution >= 0.6 is 34.7 Å². The van der Waals surface area contributed by atoms with Crippen molar-refractivity contribution in [2.24, 2.45) is 15.8 Å². The Morgan fingerprint density at radius 2 is 2.00 bits per heavy atom. The third-order valence-corrected chi connectivity index (χ3v) is 8.16. The lowest BCUT2D eigenvalue weighted by molar-refractivity contribution is 0.196. The summed E-state index contributed by atoms with van der Waals surface area (Å²) in [6.07, 6.45) is -0.353. The lowest BCUT2D eigenvalue weighted by Crippen LogP contribution is -2.44. The SMILES string of the molecule is CC1(C)SC[C@@](C)(c2sc(C3NN=C(c4ccccc4)O3)cc2Cl)N=C1N. The summed E-state index contributed by atoms with van der Waals surface area (Å²) in [5.41, 5.74) is 9.77. The quantitative estimate of drug-likeness (QED) is 0.767. The molecule has 0 saturated carbocycles. The monoisotopic (exact) mass is 420 g/mol. The van der Waals surface area contributed by atoms with Gasteiger partial charge in [-0.25, -0.2) is 0 Å². The van der Waals surface area contributed by atoms with E-state index in [2.05, 4.69) is 31.3 Å². The summed E-state index contributed by atoms with van der Waals surface area (Å²) in [6.45, 7) is 6.27. The Morgan fingerprint density at radius 1 is 1.26 bits per heavy atom. The second-order valence-electron chi connectivity index (χ2n) is 7.31. The highest BCUT2D eigenvalue weighted by molar-refractivity contribution is 8.01. The van der Waals surface area contributed by atoms with E-state index in [0.29, 0.717) is 16.8 Å². The molecular formula is C19H21ClN4OS2. The molecule has 4 rings (SSSR count). The van der Waals surface area contributed by atoms with Crippen LogP contribution in [0, 0.1) is 0 Å². The zero-order valence-corrected chi connectivity index (χ0v) is 17.7.